The zero-order valence-electron chi connectivity index (χ0n) is 22.4. The van der Waals surface area contributed by atoms with Gasteiger partial charge in [0.2, 0.25) is 6.36 Å². The summed E-state index contributed by atoms with van der Waals surface area (Å²) < 4.78 is 46.6. The Morgan fingerprint density at radius 1 is 0.475 bits per heavy atom. The van der Waals surface area contributed by atoms with Crippen LogP contribution < -0.4 is 0 Å². The van der Waals surface area contributed by atoms with Crippen LogP contribution in [0.3, 0.4) is 0 Å². The number of halogens is 1. The van der Waals surface area contributed by atoms with E-state index in [-0.39, 0.29) is 19.8 Å². The number of benzene rings is 4. The van der Waals surface area contributed by atoms with Crippen molar-refractivity contribution in [1.82, 2.24) is 0 Å². The lowest BCUT2D eigenvalue weighted by atomic mass is 9.98. The zero-order valence-corrected chi connectivity index (χ0v) is 22.4. The molecular formula is C34H35FO5. The van der Waals surface area contributed by atoms with E-state index in [4.69, 9.17) is 23.7 Å². The highest BCUT2D eigenvalue weighted by atomic mass is 18.2. The number of rotatable bonds is 13. The predicted molar refractivity (Wildman–Crippen MR) is 151 cm³/mol. The van der Waals surface area contributed by atoms with Crippen LogP contribution in [-0.4, -0.2) is 37.4 Å². The topological polar surface area (TPSA) is 46.2 Å². The minimum absolute atomic E-state index is 0.144. The summed E-state index contributed by atoms with van der Waals surface area (Å²) in [5.74, 6) is 0. The van der Waals surface area contributed by atoms with Gasteiger partial charge in [0.05, 0.1) is 33.0 Å². The Hall–Kier alpha value is -3.39. The first-order valence-corrected chi connectivity index (χ1v) is 13.6. The fourth-order valence-corrected chi connectivity index (χ4v) is 4.73. The van der Waals surface area contributed by atoms with Gasteiger partial charge in [-0.1, -0.05) is 121 Å². The Kier molecular flexibility index (Phi) is 10.4. The lowest BCUT2D eigenvalue weighted by Crippen LogP contribution is -2.60. The lowest BCUT2D eigenvalue weighted by molar-refractivity contribution is -0.298. The van der Waals surface area contributed by atoms with E-state index in [1.807, 2.05) is 121 Å². The lowest BCUT2D eigenvalue weighted by Gasteiger charge is -2.43. The second kappa shape index (κ2) is 14.8. The normalized spacial score (nSPS) is 22.7. The second-order valence-electron chi connectivity index (χ2n) is 9.81. The molecule has 1 aliphatic heterocycles. The smallest absolute Gasteiger partial charge is 0.228 e. The van der Waals surface area contributed by atoms with Gasteiger partial charge in [0.15, 0.2) is 0 Å². The molecule has 0 N–H and O–H groups in total. The standard InChI is InChI=1S/C34H35FO5/c35-34-33(39-24-29-19-11-4-12-20-29)32(38-23-28-17-9-3-10-18-28)31(37-22-27-15-7-2-8-16-27)30(40-34)25-36-21-26-13-5-1-6-14-26/h1-20,30-34H,21-25H2/t30-,31-,32+,33-,34?/m1/s1/i35-1. The third-order valence-corrected chi connectivity index (χ3v) is 6.83. The molecule has 5 nitrogen and oxygen atoms in total. The van der Waals surface area contributed by atoms with Crippen LogP contribution in [0.1, 0.15) is 22.3 Å². The average molecular weight is 542 g/mol. The molecule has 1 heterocycles. The van der Waals surface area contributed by atoms with Crippen molar-refractivity contribution >= 4 is 0 Å². The molecule has 0 aromatic heterocycles. The van der Waals surface area contributed by atoms with Gasteiger partial charge in [0.25, 0.3) is 0 Å². The van der Waals surface area contributed by atoms with Crippen LogP contribution in [0.5, 0.6) is 0 Å². The quantitative estimate of drug-likeness (QED) is 0.190. The molecule has 0 radical (unpaired) electrons. The minimum Gasteiger partial charge on any atom is -0.374 e. The molecule has 1 fully saturated rings. The van der Waals surface area contributed by atoms with E-state index in [1.54, 1.807) is 0 Å². The molecule has 0 bridgehead atoms. The largest absolute Gasteiger partial charge is 0.374 e. The summed E-state index contributed by atoms with van der Waals surface area (Å²) in [7, 11) is 0. The number of alkyl halides is 1. The summed E-state index contributed by atoms with van der Waals surface area (Å²) in [5.41, 5.74) is 3.94. The van der Waals surface area contributed by atoms with Gasteiger partial charge in [-0.2, -0.15) is 0 Å². The highest BCUT2D eigenvalue weighted by molar-refractivity contribution is 5.16. The maximum atomic E-state index is 15.7. The SMILES string of the molecule is [18F]C1O[C@H](COCc2ccccc2)[C@@H](OCc2ccccc2)[C@H](OCc2ccccc2)[C@H]1OCc1ccccc1. The fraction of sp³-hybridized carbons (Fsp3) is 0.294. The highest BCUT2D eigenvalue weighted by Crippen LogP contribution is 2.31. The van der Waals surface area contributed by atoms with Crippen molar-refractivity contribution < 1.29 is 28.1 Å². The van der Waals surface area contributed by atoms with Crippen LogP contribution >= 0.6 is 0 Å². The Morgan fingerprint density at radius 3 is 1.30 bits per heavy atom. The summed E-state index contributed by atoms with van der Waals surface area (Å²) >= 11 is 0. The predicted octanol–water partition coefficient (Wildman–Crippen LogP) is 6.65. The number of hydrogen-bond donors (Lipinski definition) is 0. The van der Waals surface area contributed by atoms with Gasteiger partial charge in [-0.15, -0.1) is 0 Å². The fourth-order valence-electron chi connectivity index (χ4n) is 4.73. The molecule has 4 aromatic rings. The van der Waals surface area contributed by atoms with E-state index in [0.717, 1.165) is 22.3 Å². The van der Waals surface area contributed by atoms with Crippen molar-refractivity contribution in [2.45, 2.75) is 57.2 Å². The van der Waals surface area contributed by atoms with Crippen molar-refractivity contribution in [3.05, 3.63) is 144 Å². The van der Waals surface area contributed by atoms with Gasteiger partial charge in [-0.05, 0) is 22.3 Å². The molecule has 0 spiro atoms. The molecule has 5 atom stereocenters. The molecule has 4 aromatic carbocycles. The van der Waals surface area contributed by atoms with Gasteiger partial charge in [-0.3, -0.25) is 0 Å². The molecule has 0 aliphatic carbocycles. The van der Waals surface area contributed by atoms with Gasteiger partial charge < -0.3 is 23.7 Å². The summed E-state index contributed by atoms with van der Waals surface area (Å²) in [6.45, 7) is 1.35. The molecule has 208 valence electrons. The van der Waals surface area contributed by atoms with E-state index >= 15 is 4.39 Å². The maximum absolute atomic E-state index is 15.7. The first-order chi connectivity index (χ1) is 19.8. The molecular weight excluding hydrogens is 506 g/mol. The summed E-state index contributed by atoms with van der Waals surface area (Å²) in [5, 5.41) is 0. The van der Waals surface area contributed by atoms with E-state index < -0.39 is 30.8 Å². The third-order valence-electron chi connectivity index (χ3n) is 6.83. The Morgan fingerprint density at radius 2 is 0.850 bits per heavy atom. The van der Waals surface area contributed by atoms with E-state index in [1.165, 1.54) is 0 Å². The third kappa shape index (κ3) is 8.07. The molecule has 1 aliphatic rings. The molecule has 1 unspecified atom stereocenters. The van der Waals surface area contributed by atoms with Gasteiger partial charge >= 0.3 is 0 Å². The second-order valence-corrected chi connectivity index (χ2v) is 9.81. The molecule has 0 amide bonds. The Bertz CT molecular complexity index is 1240. The van der Waals surface area contributed by atoms with Crippen molar-refractivity contribution in [3.63, 3.8) is 0 Å². The van der Waals surface area contributed by atoms with Gasteiger partial charge in [0.1, 0.15) is 24.4 Å². The summed E-state index contributed by atoms with van der Waals surface area (Å²) in [4.78, 5) is 0. The van der Waals surface area contributed by atoms with Crippen LogP contribution in [0.4, 0.5) is 4.39 Å². The first kappa shape index (κ1) is 28.1. The van der Waals surface area contributed by atoms with Crippen LogP contribution in [0, 0.1) is 0 Å². The average Bonchev–Trinajstić information content (AvgIpc) is 3.01. The highest BCUT2D eigenvalue weighted by Gasteiger charge is 2.48. The van der Waals surface area contributed by atoms with E-state index in [9.17, 15) is 0 Å². The van der Waals surface area contributed by atoms with Gasteiger partial charge in [0, 0.05) is 0 Å². The molecule has 0 saturated carbocycles. The monoisotopic (exact) mass is 541 g/mol. The number of ether oxygens (including phenoxy) is 5. The molecule has 6 heteroatoms. The molecule has 1 saturated heterocycles. The summed E-state index contributed by atoms with van der Waals surface area (Å²) in [6, 6.07) is 39.2. The van der Waals surface area contributed by atoms with Crippen LogP contribution in [-0.2, 0) is 50.1 Å². The van der Waals surface area contributed by atoms with Crippen LogP contribution in [0.2, 0.25) is 0 Å². The summed E-state index contributed by atoms with van der Waals surface area (Å²) in [6.07, 6.45) is -4.77. The first-order valence-electron chi connectivity index (χ1n) is 13.6. The molecule has 40 heavy (non-hydrogen) atoms. The van der Waals surface area contributed by atoms with Crippen molar-refractivity contribution in [1.29, 1.82) is 0 Å². The van der Waals surface area contributed by atoms with Crippen molar-refractivity contribution in [3.8, 4) is 0 Å². The van der Waals surface area contributed by atoms with E-state index in [0.29, 0.717) is 13.2 Å². The van der Waals surface area contributed by atoms with Crippen molar-refractivity contribution in [2.24, 2.45) is 0 Å². The van der Waals surface area contributed by atoms with E-state index in [2.05, 4.69) is 0 Å². The number of hydrogen-bond acceptors (Lipinski definition) is 5. The van der Waals surface area contributed by atoms with Crippen LogP contribution in [0.25, 0.3) is 0 Å². The van der Waals surface area contributed by atoms with Gasteiger partial charge in [-0.25, -0.2) is 4.39 Å². The minimum atomic E-state index is -1.72. The Balaban J connectivity index is 1.36. The van der Waals surface area contributed by atoms with Crippen LogP contribution in [0.15, 0.2) is 121 Å². The molecule has 5 rings (SSSR count). The zero-order chi connectivity index (χ0) is 27.4. The Labute approximate surface area is 235 Å². The maximum Gasteiger partial charge on any atom is 0.228 e. The van der Waals surface area contributed by atoms with Crippen molar-refractivity contribution in [2.75, 3.05) is 6.61 Å².